The lowest BCUT2D eigenvalue weighted by molar-refractivity contribution is -0.139. The minimum absolute atomic E-state index is 0.308. The molecule has 0 saturated carbocycles. The van der Waals surface area contributed by atoms with Crippen molar-refractivity contribution in [3.8, 4) is 0 Å². The highest BCUT2D eigenvalue weighted by Crippen LogP contribution is 2.39. The van der Waals surface area contributed by atoms with E-state index < -0.39 is 18.6 Å². The molecule has 4 heteroatoms. The van der Waals surface area contributed by atoms with Gasteiger partial charge < -0.3 is 9.67 Å². The van der Waals surface area contributed by atoms with Crippen LogP contribution in [0.4, 0.5) is 4.39 Å². The van der Waals surface area contributed by atoms with E-state index in [1.54, 1.807) is 0 Å². The van der Waals surface area contributed by atoms with Crippen LogP contribution in [0.25, 0.3) is 10.9 Å². The van der Waals surface area contributed by atoms with E-state index in [1.165, 1.54) is 0 Å². The third kappa shape index (κ3) is 1.82. The minimum Gasteiger partial charge on any atom is -0.481 e. The van der Waals surface area contributed by atoms with E-state index in [-0.39, 0.29) is 0 Å². The maximum absolute atomic E-state index is 12.8. The van der Waals surface area contributed by atoms with Gasteiger partial charge in [-0.25, -0.2) is 4.39 Å². The number of alkyl halides is 1. The number of halogens is 1. The molecule has 19 heavy (non-hydrogen) atoms. The van der Waals surface area contributed by atoms with Gasteiger partial charge in [-0.15, -0.1) is 0 Å². The Kier molecular flexibility index (Phi) is 3.01. The minimum atomic E-state index is -0.774. The molecule has 0 fully saturated rings. The summed E-state index contributed by atoms with van der Waals surface area (Å²) in [6, 6.07) is 7.72. The van der Waals surface area contributed by atoms with Crippen LogP contribution in [0, 0.1) is 0 Å². The number of carboxylic acids is 1. The Bertz CT molecular complexity index is 632. The number of hydrogen-bond donors (Lipinski definition) is 1. The van der Waals surface area contributed by atoms with Gasteiger partial charge in [0.15, 0.2) is 0 Å². The van der Waals surface area contributed by atoms with Gasteiger partial charge in [0.05, 0.1) is 12.5 Å². The SMILES string of the molecule is O=C(O)C1CCCc2c1c1ccccc1n2CCF. The lowest BCUT2D eigenvalue weighted by Crippen LogP contribution is -2.19. The maximum atomic E-state index is 12.8. The molecule has 3 nitrogen and oxygen atoms in total. The number of aromatic nitrogens is 1. The number of aliphatic carboxylic acids is 1. The molecule has 0 saturated heterocycles. The lowest BCUT2D eigenvalue weighted by atomic mass is 9.85. The molecule has 0 bridgehead atoms. The number of carboxylic acid groups (broad SMARTS) is 1. The van der Waals surface area contributed by atoms with E-state index in [1.807, 2.05) is 28.8 Å². The van der Waals surface area contributed by atoms with Gasteiger partial charge in [0.25, 0.3) is 0 Å². The molecule has 1 N–H and O–H groups in total. The molecule has 1 aromatic heterocycles. The lowest BCUT2D eigenvalue weighted by Gasteiger charge is -2.21. The zero-order valence-corrected chi connectivity index (χ0v) is 10.6. The topological polar surface area (TPSA) is 42.2 Å². The zero-order chi connectivity index (χ0) is 13.4. The summed E-state index contributed by atoms with van der Waals surface area (Å²) in [6.45, 7) is -0.120. The number of nitrogens with zero attached hydrogens (tertiary/aromatic N) is 1. The fraction of sp³-hybridized carbons (Fsp3) is 0.400. The third-order valence-electron chi connectivity index (χ3n) is 3.98. The first-order chi connectivity index (χ1) is 9.24. The Morgan fingerprint density at radius 3 is 2.95 bits per heavy atom. The van der Waals surface area contributed by atoms with Crippen LogP contribution in [0.1, 0.15) is 30.0 Å². The van der Waals surface area contributed by atoms with Crippen LogP contribution in [-0.2, 0) is 17.8 Å². The van der Waals surface area contributed by atoms with Crippen molar-refractivity contribution >= 4 is 16.9 Å². The standard InChI is InChI=1S/C15H16FNO2/c16-8-9-17-12-6-2-1-4-10(12)14-11(15(18)19)5-3-7-13(14)17/h1-2,4,6,11H,3,5,7-9H2,(H,18,19). The van der Waals surface area contributed by atoms with Crippen LogP contribution in [0.15, 0.2) is 24.3 Å². The van der Waals surface area contributed by atoms with Crippen molar-refractivity contribution in [1.29, 1.82) is 0 Å². The molecule has 0 spiro atoms. The maximum Gasteiger partial charge on any atom is 0.311 e. The highest BCUT2D eigenvalue weighted by molar-refractivity contribution is 5.91. The summed E-state index contributed by atoms with van der Waals surface area (Å²) < 4.78 is 14.7. The first kappa shape index (κ1) is 12.2. The van der Waals surface area contributed by atoms with Crippen molar-refractivity contribution in [2.75, 3.05) is 6.67 Å². The van der Waals surface area contributed by atoms with Crippen LogP contribution in [0.2, 0.25) is 0 Å². The van der Waals surface area contributed by atoms with Gasteiger partial charge in [0, 0.05) is 16.6 Å². The van der Waals surface area contributed by atoms with Crippen LogP contribution in [-0.4, -0.2) is 22.3 Å². The summed E-state index contributed by atoms with van der Waals surface area (Å²) in [5.74, 6) is -1.22. The monoisotopic (exact) mass is 261 g/mol. The molecule has 1 aliphatic rings. The second kappa shape index (κ2) is 4.68. The van der Waals surface area contributed by atoms with E-state index >= 15 is 0 Å². The van der Waals surface area contributed by atoms with Crippen LogP contribution >= 0.6 is 0 Å². The van der Waals surface area contributed by atoms with Crippen LogP contribution in [0.3, 0.4) is 0 Å². The van der Waals surface area contributed by atoms with Crippen molar-refractivity contribution in [2.24, 2.45) is 0 Å². The number of para-hydroxylation sites is 1. The van der Waals surface area contributed by atoms with E-state index in [0.29, 0.717) is 13.0 Å². The summed E-state index contributed by atoms with van der Waals surface area (Å²) in [5, 5.41) is 10.4. The molecule has 1 atom stereocenters. The second-order valence-electron chi connectivity index (χ2n) is 5.00. The summed E-state index contributed by atoms with van der Waals surface area (Å²) in [7, 11) is 0. The van der Waals surface area contributed by atoms with Gasteiger partial charge in [-0.3, -0.25) is 4.79 Å². The predicted octanol–water partition coefficient (Wildman–Crippen LogP) is 3.12. The van der Waals surface area contributed by atoms with Crippen molar-refractivity contribution in [2.45, 2.75) is 31.7 Å². The van der Waals surface area contributed by atoms with Crippen molar-refractivity contribution in [1.82, 2.24) is 4.57 Å². The summed E-state index contributed by atoms with van der Waals surface area (Å²) in [4.78, 5) is 11.4. The Hall–Kier alpha value is -1.84. The molecule has 0 aliphatic heterocycles. The normalized spacial score (nSPS) is 18.5. The number of carbonyl (C=O) groups is 1. The Balaban J connectivity index is 2.29. The first-order valence-corrected chi connectivity index (χ1v) is 6.62. The summed E-state index contributed by atoms with van der Waals surface area (Å²) in [5.41, 5.74) is 2.87. The third-order valence-corrected chi connectivity index (χ3v) is 3.98. The summed E-state index contributed by atoms with van der Waals surface area (Å²) in [6.07, 6.45) is 2.37. The summed E-state index contributed by atoms with van der Waals surface area (Å²) >= 11 is 0. The molecular weight excluding hydrogens is 245 g/mol. The van der Waals surface area contributed by atoms with E-state index in [0.717, 1.165) is 35.0 Å². The van der Waals surface area contributed by atoms with E-state index in [4.69, 9.17) is 0 Å². The molecule has 1 aliphatic carbocycles. The zero-order valence-electron chi connectivity index (χ0n) is 10.6. The average molecular weight is 261 g/mol. The fourth-order valence-electron chi connectivity index (χ4n) is 3.25. The van der Waals surface area contributed by atoms with Gasteiger partial charge in [-0.1, -0.05) is 18.2 Å². The quantitative estimate of drug-likeness (QED) is 0.922. The largest absolute Gasteiger partial charge is 0.481 e. The molecule has 1 aromatic carbocycles. The molecule has 0 radical (unpaired) electrons. The van der Waals surface area contributed by atoms with E-state index in [9.17, 15) is 14.3 Å². The average Bonchev–Trinajstić information content (AvgIpc) is 2.74. The number of rotatable bonds is 3. The Morgan fingerprint density at radius 1 is 1.42 bits per heavy atom. The number of benzene rings is 1. The fourth-order valence-corrected chi connectivity index (χ4v) is 3.25. The molecule has 100 valence electrons. The molecular formula is C15H16FNO2. The van der Waals surface area contributed by atoms with Gasteiger partial charge >= 0.3 is 5.97 Å². The Labute approximate surface area is 110 Å². The molecule has 1 heterocycles. The molecule has 2 aromatic rings. The number of aryl methyl sites for hydroxylation is 1. The number of fused-ring (bicyclic) bond motifs is 3. The van der Waals surface area contributed by atoms with Crippen LogP contribution in [0.5, 0.6) is 0 Å². The molecule has 1 unspecified atom stereocenters. The second-order valence-corrected chi connectivity index (χ2v) is 5.00. The van der Waals surface area contributed by atoms with Gasteiger partial charge in [-0.2, -0.15) is 0 Å². The van der Waals surface area contributed by atoms with E-state index in [2.05, 4.69) is 0 Å². The molecule has 3 rings (SSSR count). The first-order valence-electron chi connectivity index (χ1n) is 6.62. The van der Waals surface area contributed by atoms with Crippen LogP contribution < -0.4 is 0 Å². The van der Waals surface area contributed by atoms with Gasteiger partial charge in [0.1, 0.15) is 6.67 Å². The van der Waals surface area contributed by atoms with Gasteiger partial charge in [-0.05, 0) is 30.9 Å². The highest BCUT2D eigenvalue weighted by atomic mass is 19.1. The highest BCUT2D eigenvalue weighted by Gasteiger charge is 2.31. The smallest absolute Gasteiger partial charge is 0.311 e. The Morgan fingerprint density at radius 2 is 2.21 bits per heavy atom. The number of hydrogen-bond acceptors (Lipinski definition) is 1. The van der Waals surface area contributed by atoms with Crippen molar-refractivity contribution < 1.29 is 14.3 Å². The predicted molar refractivity (Wildman–Crippen MR) is 71.2 cm³/mol. The van der Waals surface area contributed by atoms with Gasteiger partial charge in [0.2, 0.25) is 0 Å². The van der Waals surface area contributed by atoms with Crippen molar-refractivity contribution in [3.05, 3.63) is 35.5 Å². The van der Waals surface area contributed by atoms with Crippen molar-refractivity contribution in [3.63, 3.8) is 0 Å². The molecule has 0 amide bonds.